The summed E-state index contributed by atoms with van der Waals surface area (Å²) in [6.45, 7) is 5.14. The monoisotopic (exact) mass is 421 g/mol. The van der Waals surface area contributed by atoms with E-state index in [1.807, 2.05) is 30.9 Å². The molecule has 5 rings (SSSR count). The van der Waals surface area contributed by atoms with Gasteiger partial charge in [-0.15, -0.1) is 0 Å². The van der Waals surface area contributed by atoms with Crippen molar-refractivity contribution in [1.29, 1.82) is 0 Å². The zero-order valence-electron chi connectivity index (χ0n) is 18.0. The lowest BCUT2D eigenvalue weighted by molar-refractivity contribution is -0.132. The van der Waals surface area contributed by atoms with E-state index in [2.05, 4.69) is 15.3 Å². The quantitative estimate of drug-likeness (QED) is 0.599. The molecule has 162 valence electrons. The molecule has 1 amide bonds. The molecular weight excluding hydrogens is 394 g/mol. The van der Waals surface area contributed by atoms with Gasteiger partial charge in [0.05, 0.1) is 17.7 Å². The first-order chi connectivity index (χ1) is 15.0. The molecule has 3 aromatic heterocycles. The van der Waals surface area contributed by atoms with E-state index >= 15 is 0 Å². The molecule has 3 aromatic rings. The molecule has 0 aromatic carbocycles. The number of carbonyl (C=O) groups excluding carboxylic acids is 1. The molecule has 1 aliphatic heterocycles. The molecule has 1 aliphatic carbocycles. The predicted molar refractivity (Wildman–Crippen MR) is 112 cm³/mol. The zero-order chi connectivity index (χ0) is 21.4. The first kappa shape index (κ1) is 19.9. The van der Waals surface area contributed by atoms with E-state index in [1.165, 1.54) is 12.8 Å². The topological polar surface area (TPSA) is 98.2 Å². The third kappa shape index (κ3) is 3.98. The minimum absolute atomic E-state index is 0.124. The van der Waals surface area contributed by atoms with Crippen molar-refractivity contribution in [2.45, 2.75) is 57.8 Å². The Hall–Kier alpha value is -3.03. The molecule has 0 radical (unpaired) electrons. The molecule has 2 aliphatic rings. The summed E-state index contributed by atoms with van der Waals surface area (Å²) in [6, 6.07) is 3.79. The van der Waals surface area contributed by atoms with E-state index in [4.69, 9.17) is 14.0 Å². The van der Waals surface area contributed by atoms with Crippen molar-refractivity contribution in [3.63, 3.8) is 0 Å². The van der Waals surface area contributed by atoms with E-state index in [9.17, 15) is 4.79 Å². The normalized spacial score (nSPS) is 18.3. The van der Waals surface area contributed by atoms with Crippen LogP contribution in [0.3, 0.4) is 0 Å². The minimum Gasteiger partial charge on any atom is -0.361 e. The van der Waals surface area contributed by atoms with Gasteiger partial charge in [-0.1, -0.05) is 23.2 Å². The van der Waals surface area contributed by atoms with Crippen molar-refractivity contribution in [3.05, 3.63) is 47.4 Å². The fraction of sp³-hybridized carbons (Fsp3) is 0.522. The van der Waals surface area contributed by atoms with E-state index < -0.39 is 0 Å². The molecule has 1 saturated heterocycles. The molecule has 1 saturated carbocycles. The van der Waals surface area contributed by atoms with E-state index in [1.54, 1.807) is 12.4 Å². The zero-order valence-corrected chi connectivity index (χ0v) is 18.0. The Morgan fingerprint density at radius 3 is 2.65 bits per heavy atom. The third-order valence-corrected chi connectivity index (χ3v) is 6.77. The van der Waals surface area contributed by atoms with E-state index in [0.29, 0.717) is 25.4 Å². The van der Waals surface area contributed by atoms with Crippen LogP contribution >= 0.6 is 0 Å². The first-order valence-corrected chi connectivity index (χ1v) is 11.0. The van der Waals surface area contributed by atoms with Crippen LogP contribution in [0.4, 0.5) is 0 Å². The fourth-order valence-electron chi connectivity index (χ4n) is 4.64. The largest absolute Gasteiger partial charge is 0.361 e. The van der Waals surface area contributed by atoms with Crippen molar-refractivity contribution in [1.82, 2.24) is 25.2 Å². The van der Waals surface area contributed by atoms with E-state index in [-0.39, 0.29) is 11.3 Å². The van der Waals surface area contributed by atoms with Gasteiger partial charge in [0.25, 0.3) is 5.89 Å². The Bertz CT molecular complexity index is 1040. The van der Waals surface area contributed by atoms with Gasteiger partial charge in [-0.2, -0.15) is 4.98 Å². The third-order valence-electron chi connectivity index (χ3n) is 6.77. The molecule has 0 N–H and O–H groups in total. The summed E-state index contributed by atoms with van der Waals surface area (Å²) in [7, 11) is 0. The molecule has 0 bridgehead atoms. The average Bonchev–Trinajstić information content (AvgIpc) is 3.35. The maximum absolute atomic E-state index is 12.9. The molecular formula is C23H27N5O3. The Morgan fingerprint density at radius 2 is 2.00 bits per heavy atom. The lowest BCUT2D eigenvalue weighted by atomic mass is 9.73. The number of likely N-dealkylation sites (tertiary alicyclic amines) is 1. The Kier molecular flexibility index (Phi) is 5.08. The highest BCUT2D eigenvalue weighted by Crippen LogP contribution is 2.46. The average molecular weight is 422 g/mol. The summed E-state index contributed by atoms with van der Waals surface area (Å²) in [5, 5.41) is 8.35. The number of aromatic nitrogens is 4. The van der Waals surface area contributed by atoms with Crippen molar-refractivity contribution >= 4 is 5.91 Å². The SMILES string of the molecule is Cc1noc(C)c1CC(=O)N1CCC(CC2CC2)(c2noc(-c3cccnc3)n2)CC1. The van der Waals surface area contributed by atoms with Crippen LogP contribution in [-0.4, -0.2) is 44.2 Å². The standard InChI is InChI=1S/C23H27N5O3/c1-15-19(16(2)30-26-15)12-20(29)28-10-7-23(8-11-28,13-17-5-6-17)22-25-21(31-27-22)18-4-3-9-24-14-18/h3-4,9,14,17H,5-8,10-13H2,1-2H3. The van der Waals surface area contributed by atoms with Crippen molar-refractivity contribution in [2.75, 3.05) is 13.1 Å². The highest BCUT2D eigenvalue weighted by molar-refractivity contribution is 5.79. The summed E-state index contributed by atoms with van der Waals surface area (Å²) in [4.78, 5) is 23.8. The number of carbonyl (C=O) groups is 1. The second-order valence-electron chi connectivity index (χ2n) is 8.95. The smallest absolute Gasteiger partial charge is 0.259 e. The van der Waals surface area contributed by atoms with Crippen LogP contribution in [0.2, 0.25) is 0 Å². The molecule has 31 heavy (non-hydrogen) atoms. The van der Waals surface area contributed by atoms with Gasteiger partial charge in [-0.3, -0.25) is 9.78 Å². The van der Waals surface area contributed by atoms with Crippen LogP contribution in [0, 0.1) is 19.8 Å². The maximum atomic E-state index is 12.9. The van der Waals surface area contributed by atoms with Gasteiger partial charge in [0.2, 0.25) is 5.91 Å². The van der Waals surface area contributed by atoms with E-state index in [0.717, 1.165) is 53.6 Å². The van der Waals surface area contributed by atoms with Gasteiger partial charge in [0, 0.05) is 36.5 Å². The number of piperidine rings is 1. The first-order valence-electron chi connectivity index (χ1n) is 11.0. The fourth-order valence-corrected chi connectivity index (χ4v) is 4.64. The molecule has 0 unspecified atom stereocenters. The molecule has 8 heteroatoms. The number of hydrogen-bond acceptors (Lipinski definition) is 7. The van der Waals surface area contributed by atoms with Crippen LogP contribution in [0.5, 0.6) is 0 Å². The molecule has 0 spiro atoms. The Balaban J connectivity index is 1.32. The summed E-state index contributed by atoms with van der Waals surface area (Å²) < 4.78 is 10.8. The molecule has 0 atom stereocenters. The molecule has 2 fully saturated rings. The lowest BCUT2D eigenvalue weighted by Crippen LogP contribution is -2.46. The van der Waals surface area contributed by atoms with Crippen molar-refractivity contribution in [3.8, 4) is 11.5 Å². The van der Waals surface area contributed by atoms with Crippen LogP contribution in [0.1, 0.15) is 54.9 Å². The van der Waals surface area contributed by atoms with Gasteiger partial charge in [-0.05, 0) is 51.2 Å². The maximum Gasteiger partial charge on any atom is 0.259 e. The van der Waals surface area contributed by atoms with Gasteiger partial charge in [0.15, 0.2) is 5.82 Å². The summed E-state index contributed by atoms with van der Waals surface area (Å²) in [6.07, 6.45) is 9.10. The lowest BCUT2D eigenvalue weighted by Gasteiger charge is -2.40. The molecule has 4 heterocycles. The van der Waals surface area contributed by atoms with Crippen LogP contribution in [0.25, 0.3) is 11.5 Å². The Morgan fingerprint density at radius 1 is 1.19 bits per heavy atom. The second kappa shape index (κ2) is 7.90. The Labute approximate surface area is 181 Å². The van der Waals surface area contributed by atoms with Crippen molar-refractivity contribution < 1.29 is 13.8 Å². The second-order valence-corrected chi connectivity index (χ2v) is 8.95. The number of aryl methyl sites for hydroxylation is 2. The number of nitrogens with zero attached hydrogens (tertiary/aromatic N) is 5. The predicted octanol–water partition coefficient (Wildman–Crippen LogP) is 3.64. The summed E-state index contributed by atoms with van der Waals surface area (Å²) >= 11 is 0. The number of hydrogen-bond donors (Lipinski definition) is 0. The number of rotatable bonds is 6. The van der Waals surface area contributed by atoms with Gasteiger partial charge in [0.1, 0.15) is 5.76 Å². The minimum atomic E-state index is -0.134. The number of pyridine rings is 1. The van der Waals surface area contributed by atoms with Crippen LogP contribution in [0.15, 0.2) is 33.6 Å². The highest BCUT2D eigenvalue weighted by Gasteiger charge is 2.44. The van der Waals surface area contributed by atoms with Crippen LogP contribution < -0.4 is 0 Å². The summed E-state index contributed by atoms with van der Waals surface area (Å²) in [5.74, 6) is 2.86. The molecule has 8 nitrogen and oxygen atoms in total. The summed E-state index contributed by atoms with van der Waals surface area (Å²) in [5.41, 5.74) is 2.39. The van der Waals surface area contributed by atoms with Gasteiger partial charge >= 0.3 is 0 Å². The highest BCUT2D eigenvalue weighted by atomic mass is 16.5. The van der Waals surface area contributed by atoms with Gasteiger partial charge in [-0.25, -0.2) is 0 Å². The van der Waals surface area contributed by atoms with Gasteiger partial charge < -0.3 is 13.9 Å². The van der Waals surface area contributed by atoms with Crippen molar-refractivity contribution in [2.24, 2.45) is 5.92 Å². The number of amides is 1. The van der Waals surface area contributed by atoms with Crippen LogP contribution in [-0.2, 0) is 16.6 Å².